The van der Waals surface area contributed by atoms with E-state index in [2.05, 4.69) is 16.4 Å². The Morgan fingerprint density at radius 1 is 0.905 bits per heavy atom. The molecule has 3 aromatic rings. The molecule has 1 N–H and O–H groups in total. The van der Waals surface area contributed by atoms with Crippen molar-refractivity contribution >= 4 is 10.9 Å². The van der Waals surface area contributed by atoms with Gasteiger partial charge in [-0.15, -0.1) is 0 Å². The van der Waals surface area contributed by atoms with Gasteiger partial charge in [0.25, 0.3) is 0 Å². The molecule has 0 saturated carbocycles. The maximum atomic E-state index is 13.5. The van der Waals surface area contributed by atoms with Gasteiger partial charge in [0, 0.05) is 18.1 Å². The topological polar surface area (TPSA) is 24.9 Å². The fraction of sp³-hybridized carbons (Fsp3) is 0.167. The molecule has 0 unspecified atom stereocenters. The molecule has 0 amide bonds. The van der Waals surface area contributed by atoms with Gasteiger partial charge in [0.1, 0.15) is 5.82 Å². The van der Waals surface area contributed by atoms with E-state index in [4.69, 9.17) is 0 Å². The van der Waals surface area contributed by atoms with Gasteiger partial charge in [0.15, 0.2) is 0 Å². The fourth-order valence-corrected chi connectivity index (χ4v) is 2.46. The van der Waals surface area contributed by atoms with Crippen molar-refractivity contribution in [2.45, 2.75) is 13.0 Å². The van der Waals surface area contributed by atoms with Crippen LogP contribution >= 0.6 is 0 Å². The highest BCUT2D eigenvalue weighted by atomic mass is 19.1. The number of halogens is 1. The number of nitrogens with zero attached hydrogens (tertiary/aromatic N) is 1. The summed E-state index contributed by atoms with van der Waals surface area (Å²) >= 11 is 0. The SMILES string of the molecule is Fc1ccccc1CCNCc1ccnc2ccccc12. The fourth-order valence-electron chi connectivity index (χ4n) is 2.46. The first-order chi connectivity index (χ1) is 10.3. The van der Waals surface area contributed by atoms with E-state index in [0.717, 1.165) is 24.2 Å². The smallest absolute Gasteiger partial charge is 0.126 e. The van der Waals surface area contributed by atoms with Crippen molar-refractivity contribution in [1.29, 1.82) is 0 Å². The summed E-state index contributed by atoms with van der Waals surface area (Å²) in [6.45, 7) is 1.51. The molecule has 0 spiro atoms. The molecule has 0 fully saturated rings. The summed E-state index contributed by atoms with van der Waals surface area (Å²) in [6, 6.07) is 17.1. The van der Waals surface area contributed by atoms with Crippen LogP contribution in [0.25, 0.3) is 10.9 Å². The van der Waals surface area contributed by atoms with E-state index in [-0.39, 0.29) is 5.82 Å². The van der Waals surface area contributed by atoms with Crippen LogP contribution in [0.4, 0.5) is 4.39 Å². The lowest BCUT2D eigenvalue weighted by Crippen LogP contribution is -2.17. The molecule has 3 heteroatoms. The van der Waals surface area contributed by atoms with Crippen LogP contribution in [0.2, 0.25) is 0 Å². The molecule has 3 rings (SSSR count). The highest BCUT2D eigenvalue weighted by Crippen LogP contribution is 2.15. The zero-order chi connectivity index (χ0) is 14.5. The van der Waals surface area contributed by atoms with Crippen LogP contribution in [0.15, 0.2) is 60.8 Å². The van der Waals surface area contributed by atoms with Crippen LogP contribution in [-0.4, -0.2) is 11.5 Å². The third kappa shape index (κ3) is 3.26. The Morgan fingerprint density at radius 2 is 1.71 bits per heavy atom. The number of nitrogens with one attached hydrogen (secondary N) is 1. The summed E-state index contributed by atoms with van der Waals surface area (Å²) in [4.78, 5) is 4.35. The van der Waals surface area contributed by atoms with Gasteiger partial charge in [-0.05, 0) is 42.3 Å². The van der Waals surface area contributed by atoms with Gasteiger partial charge in [-0.25, -0.2) is 4.39 Å². The molecule has 1 heterocycles. The zero-order valence-electron chi connectivity index (χ0n) is 11.7. The second-order valence-corrected chi connectivity index (χ2v) is 5.01. The summed E-state index contributed by atoms with van der Waals surface area (Å²) in [5.74, 6) is -0.131. The van der Waals surface area contributed by atoms with Gasteiger partial charge in [-0.2, -0.15) is 0 Å². The lowest BCUT2D eigenvalue weighted by Gasteiger charge is -2.08. The lowest BCUT2D eigenvalue weighted by atomic mass is 10.1. The predicted molar refractivity (Wildman–Crippen MR) is 83.6 cm³/mol. The van der Waals surface area contributed by atoms with Crippen molar-refractivity contribution in [3.8, 4) is 0 Å². The highest BCUT2D eigenvalue weighted by Gasteiger charge is 2.02. The van der Waals surface area contributed by atoms with Gasteiger partial charge in [-0.3, -0.25) is 4.98 Å². The first-order valence-electron chi connectivity index (χ1n) is 7.11. The molecule has 0 aliphatic heterocycles. The minimum Gasteiger partial charge on any atom is -0.312 e. The molecule has 2 aromatic carbocycles. The Hall–Kier alpha value is -2.26. The molecule has 21 heavy (non-hydrogen) atoms. The average Bonchev–Trinajstić information content (AvgIpc) is 2.53. The molecule has 106 valence electrons. The lowest BCUT2D eigenvalue weighted by molar-refractivity contribution is 0.598. The van der Waals surface area contributed by atoms with E-state index in [1.165, 1.54) is 17.0 Å². The van der Waals surface area contributed by atoms with Gasteiger partial charge >= 0.3 is 0 Å². The monoisotopic (exact) mass is 280 g/mol. The standard InChI is InChI=1S/C18H17FN2/c19-17-7-3-1-5-14(17)9-11-20-13-15-10-12-21-18-8-4-2-6-16(15)18/h1-8,10,12,20H,9,11,13H2. The average molecular weight is 280 g/mol. The number of hydrogen-bond donors (Lipinski definition) is 1. The van der Waals surface area contributed by atoms with E-state index in [0.29, 0.717) is 6.42 Å². The number of rotatable bonds is 5. The van der Waals surface area contributed by atoms with E-state index < -0.39 is 0 Å². The summed E-state index contributed by atoms with van der Waals surface area (Å²) in [6.07, 6.45) is 2.52. The van der Waals surface area contributed by atoms with E-state index >= 15 is 0 Å². The van der Waals surface area contributed by atoms with Crippen LogP contribution in [0, 0.1) is 5.82 Å². The Bertz CT molecular complexity index is 735. The molecule has 0 radical (unpaired) electrons. The van der Waals surface area contributed by atoms with Gasteiger partial charge < -0.3 is 5.32 Å². The minimum absolute atomic E-state index is 0.131. The third-order valence-electron chi connectivity index (χ3n) is 3.58. The molecule has 2 nitrogen and oxygen atoms in total. The van der Waals surface area contributed by atoms with Gasteiger partial charge in [0.05, 0.1) is 5.52 Å². The number of aromatic nitrogens is 1. The number of hydrogen-bond acceptors (Lipinski definition) is 2. The quantitative estimate of drug-likeness (QED) is 0.721. The second-order valence-electron chi connectivity index (χ2n) is 5.01. The van der Waals surface area contributed by atoms with E-state index in [1.807, 2.05) is 42.6 Å². The van der Waals surface area contributed by atoms with Crippen molar-refractivity contribution in [2.24, 2.45) is 0 Å². The Morgan fingerprint density at radius 3 is 2.62 bits per heavy atom. The maximum absolute atomic E-state index is 13.5. The Kier molecular flexibility index (Phi) is 4.22. The Labute approximate surface area is 123 Å². The van der Waals surface area contributed by atoms with Crippen molar-refractivity contribution in [1.82, 2.24) is 10.3 Å². The molecule has 1 aromatic heterocycles. The van der Waals surface area contributed by atoms with Crippen molar-refractivity contribution < 1.29 is 4.39 Å². The second kappa shape index (κ2) is 6.46. The maximum Gasteiger partial charge on any atom is 0.126 e. The summed E-state index contributed by atoms with van der Waals surface area (Å²) in [5, 5.41) is 4.54. The molecular weight excluding hydrogens is 263 g/mol. The minimum atomic E-state index is -0.131. The third-order valence-corrected chi connectivity index (χ3v) is 3.58. The van der Waals surface area contributed by atoms with Crippen molar-refractivity contribution in [2.75, 3.05) is 6.54 Å². The van der Waals surface area contributed by atoms with E-state index in [9.17, 15) is 4.39 Å². The van der Waals surface area contributed by atoms with Gasteiger partial charge in [-0.1, -0.05) is 36.4 Å². The summed E-state index contributed by atoms with van der Waals surface area (Å²) < 4.78 is 13.5. The summed E-state index contributed by atoms with van der Waals surface area (Å²) in [7, 11) is 0. The highest BCUT2D eigenvalue weighted by molar-refractivity contribution is 5.81. The molecular formula is C18H17FN2. The molecule has 0 bridgehead atoms. The Balaban J connectivity index is 1.61. The first kappa shape index (κ1) is 13.7. The number of para-hydroxylation sites is 1. The largest absolute Gasteiger partial charge is 0.312 e. The number of fused-ring (bicyclic) bond motifs is 1. The predicted octanol–water partition coefficient (Wildman–Crippen LogP) is 3.71. The molecule has 0 aliphatic rings. The number of pyridine rings is 1. The molecule has 0 atom stereocenters. The number of benzene rings is 2. The zero-order valence-corrected chi connectivity index (χ0v) is 11.7. The van der Waals surface area contributed by atoms with Crippen LogP contribution < -0.4 is 5.32 Å². The normalized spacial score (nSPS) is 10.9. The van der Waals surface area contributed by atoms with Gasteiger partial charge in [0.2, 0.25) is 0 Å². The summed E-state index contributed by atoms with van der Waals surface area (Å²) in [5.41, 5.74) is 2.98. The van der Waals surface area contributed by atoms with Crippen LogP contribution in [0.1, 0.15) is 11.1 Å². The first-order valence-corrected chi connectivity index (χ1v) is 7.11. The van der Waals surface area contributed by atoms with Crippen LogP contribution in [0.3, 0.4) is 0 Å². The molecule has 0 saturated heterocycles. The van der Waals surface area contributed by atoms with Crippen molar-refractivity contribution in [3.63, 3.8) is 0 Å². The van der Waals surface area contributed by atoms with E-state index in [1.54, 1.807) is 6.07 Å². The van der Waals surface area contributed by atoms with Crippen molar-refractivity contribution in [3.05, 3.63) is 77.7 Å². The molecule has 0 aliphatic carbocycles. The van der Waals surface area contributed by atoms with Crippen LogP contribution in [-0.2, 0) is 13.0 Å². The van der Waals surface area contributed by atoms with Crippen LogP contribution in [0.5, 0.6) is 0 Å².